The molecule has 94 valence electrons. The molecule has 0 heterocycles. The van der Waals surface area contributed by atoms with Crippen LogP contribution >= 0.6 is 0 Å². The van der Waals surface area contributed by atoms with Gasteiger partial charge >= 0.3 is 0 Å². The van der Waals surface area contributed by atoms with Crippen molar-refractivity contribution in [1.29, 1.82) is 0 Å². The number of anilines is 2. The number of nitrogen functional groups attached to an aromatic ring is 2. The summed E-state index contributed by atoms with van der Waals surface area (Å²) in [6, 6.07) is 15.5. The Kier molecular flexibility index (Phi) is 3.72. The molecule has 0 radical (unpaired) electrons. The topological polar surface area (TPSA) is 61.3 Å². The van der Waals surface area contributed by atoms with E-state index in [9.17, 15) is 0 Å². The SMILES string of the molecule is CC(Cc1ccc(N)c(N)c1)Oc1ccccc1. The van der Waals surface area contributed by atoms with E-state index in [0.717, 1.165) is 17.7 Å². The molecule has 1 atom stereocenters. The predicted molar refractivity (Wildman–Crippen MR) is 75.5 cm³/mol. The van der Waals surface area contributed by atoms with E-state index >= 15 is 0 Å². The van der Waals surface area contributed by atoms with Gasteiger partial charge in [-0.25, -0.2) is 0 Å². The fraction of sp³-hybridized carbons (Fsp3) is 0.200. The van der Waals surface area contributed by atoms with Crippen molar-refractivity contribution in [2.45, 2.75) is 19.4 Å². The van der Waals surface area contributed by atoms with E-state index in [1.165, 1.54) is 0 Å². The van der Waals surface area contributed by atoms with Crippen LogP contribution in [-0.4, -0.2) is 6.10 Å². The highest BCUT2D eigenvalue weighted by Gasteiger charge is 2.06. The van der Waals surface area contributed by atoms with E-state index in [0.29, 0.717) is 11.4 Å². The zero-order valence-corrected chi connectivity index (χ0v) is 10.5. The smallest absolute Gasteiger partial charge is 0.119 e. The molecule has 0 aliphatic heterocycles. The second-order valence-electron chi connectivity index (χ2n) is 4.41. The van der Waals surface area contributed by atoms with E-state index in [1.54, 1.807) is 0 Å². The summed E-state index contributed by atoms with van der Waals surface area (Å²) in [4.78, 5) is 0. The summed E-state index contributed by atoms with van der Waals surface area (Å²) in [5, 5.41) is 0. The average Bonchev–Trinajstić information content (AvgIpc) is 2.35. The quantitative estimate of drug-likeness (QED) is 0.810. The van der Waals surface area contributed by atoms with Crippen LogP contribution < -0.4 is 16.2 Å². The molecule has 1 unspecified atom stereocenters. The fourth-order valence-electron chi connectivity index (χ4n) is 1.86. The van der Waals surface area contributed by atoms with Gasteiger partial charge in [-0.1, -0.05) is 24.3 Å². The summed E-state index contributed by atoms with van der Waals surface area (Å²) in [6.45, 7) is 2.04. The average molecular weight is 242 g/mol. The van der Waals surface area contributed by atoms with Gasteiger partial charge in [0.15, 0.2) is 0 Å². The summed E-state index contributed by atoms with van der Waals surface area (Å²) in [5.41, 5.74) is 13.8. The first kappa shape index (κ1) is 12.3. The molecule has 0 aliphatic carbocycles. The van der Waals surface area contributed by atoms with E-state index < -0.39 is 0 Å². The van der Waals surface area contributed by atoms with Crippen molar-refractivity contribution in [2.24, 2.45) is 0 Å². The second-order valence-corrected chi connectivity index (χ2v) is 4.41. The Morgan fingerprint density at radius 1 is 1.00 bits per heavy atom. The van der Waals surface area contributed by atoms with Crippen LogP contribution in [0.15, 0.2) is 48.5 Å². The number of para-hydroxylation sites is 1. The number of hydrogen-bond acceptors (Lipinski definition) is 3. The number of nitrogens with two attached hydrogens (primary N) is 2. The van der Waals surface area contributed by atoms with Crippen LogP contribution in [0.5, 0.6) is 5.75 Å². The number of rotatable bonds is 4. The third kappa shape index (κ3) is 3.17. The molecule has 2 aromatic rings. The minimum absolute atomic E-state index is 0.0930. The molecule has 2 rings (SSSR count). The summed E-state index contributed by atoms with van der Waals surface area (Å²) in [7, 11) is 0. The predicted octanol–water partition coefficient (Wildman–Crippen LogP) is 2.86. The highest BCUT2D eigenvalue weighted by molar-refractivity contribution is 5.63. The highest BCUT2D eigenvalue weighted by atomic mass is 16.5. The molecular weight excluding hydrogens is 224 g/mol. The van der Waals surface area contributed by atoms with Crippen LogP contribution in [0.3, 0.4) is 0 Å². The molecular formula is C15H18N2O. The van der Waals surface area contributed by atoms with Crippen molar-refractivity contribution in [3.63, 3.8) is 0 Å². The van der Waals surface area contributed by atoms with Crippen molar-refractivity contribution in [3.05, 3.63) is 54.1 Å². The first-order valence-electron chi connectivity index (χ1n) is 6.01. The van der Waals surface area contributed by atoms with Crippen LogP contribution in [0.25, 0.3) is 0 Å². The van der Waals surface area contributed by atoms with E-state index in [4.69, 9.17) is 16.2 Å². The normalized spacial score (nSPS) is 12.1. The Bertz CT molecular complexity index is 511. The molecule has 18 heavy (non-hydrogen) atoms. The van der Waals surface area contributed by atoms with E-state index in [1.807, 2.05) is 55.5 Å². The number of benzene rings is 2. The van der Waals surface area contributed by atoms with Gasteiger partial charge in [-0.2, -0.15) is 0 Å². The summed E-state index contributed by atoms with van der Waals surface area (Å²) in [5.74, 6) is 0.883. The first-order valence-corrected chi connectivity index (χ1v) is 6.01. The summed E-state index contributed by atoms with van der Waals surface area (Å²) < 4.78 is 5.82. The minimum atomic E-state index is 0.0930. The summed E-state index contributed by atoms with van der Waals surface area (Å²) in [6.07, 6.45) is 0.898. The van der Waals surface area contributed by atoms with Gasteiger partial charge in [0, 0.05) is 6.42 Å². The van der Waals surface area contributed by atoms with Crippen molar-refractivity contribution in [2.75, 3.05) is 11.5 Å². The fourth-order valence-corrected chi connectivity index (χ4v) is 1.86. The lowest BCUT2D eigenvalue weighted by Crippen LogP contribution is -2.15. The zero-order valence-electron chi connectivity index (χ0n) is 10.5. The number of hydrogen-bond donors (Lipinski definition) is 2. The van der Waals surface area contributed by atoms with Gasteiger partial charge in [0.05, 0.1) is 17.5 Å². The van der Waals surface area contributed by atoms with Crippen LogP contribution in [-0.2, 0) is 6.42 Å². The molecule has 2 aromatic carbocycles. The molecule has 0 fully saturated rings. The monoisotopic (exact) mass is 242 g/mol. The van der Waals surface area contributed by atoms with E-state index in [2.05, 4.69) is 0 Å². The molecule has 0 spiro atoms. The maximum atomic E-state index is 5.82. The maximum absolute atomic E-state index is 5.82. The molecule has 3 heteroatoms. The molecule has 0 saturated heterocycles. The van der Waals surface area contributed by atoms with Crippen LogP contribution in [0, 0.1) is 0 Å². The summed E-state index contributed by atoms with van der Waals surface area (Å²) >= 11 is 0. The Balaban J connectivity index is 1.99. The van der Waals surface area contributed by atoms with Gasteiger partial charge in [0.25, 0.3) is 0 Å². The third-order valence-corrected chi connectivity index (χ3v) is 2.75. The Hall–Kier alpha value is -2.16. The second kappa shape index (κ2) is 5.45. The molecule has 0 saturated carbocycles. The first-order chi connectivity index (χ1) is 8.65. The molecule has 0 bridgehead atoms. The van der Waals surface area contributed by atoms with Gasteiger partial charge in [-0.3, -0.25) is 0 Å². The van der Waals surface area contributed by atoms with Crippen molar-refractivity contribution < 1.29 is 4.74 Å². The van der Waals surface area contributed by atoms with Gasteiger partial charge < -0.3 is 16.2 Å². The van der Waals surface area contributed by atoms with Gasteiger partial charge in [-0.15, -0.1) is 0 Å². The lowest BCUT2D eigenvalue weighted by atomic mass is 10.1. The molecule has 4 N–H and O–H groups in total. The van der Waals surface area contributed by atoms with Crippen LogP contribution in [0.4, 0.5) is 11.4 Å². The van der Waals surface area contributed by atoms with Gasteiger partial charge in [-0.05, 0) is 36.8 Å². The number of ether oxygens (including phenoxy) is 1. The maximum Gasteiger partial charge on any atom is 0.119 e. The lowest BCUT2D eigenvalue weighted by Gasteiger charge is -2.15. The van der Waals surface area contributed by atoms with E-state index in [-0.39, 0.29) is 6.10 Å². The van der Waals surface area contributed by atoms with Crippen molar-refractivity contribution in [1.82, 2.24) is 0 Å². The Morgan fingerprint density at radius 3 is 2.39 bits per heavy atom. The van der Waals surface area contributed by atoms with Gasteiger partial charge in [0.1, 0.15) is 5.75 Å². The van der Waals surface area contributed by atoms with Crippen molar-refractivity contribution >= 4 is 11.4 Å². The molecule has 0 aromatic heterocycles. The van der Waals surface area contributed by atoms with Crippen LogP contribution in [0.1, 0.15) is 12.5 Å². The van der Waals surface area contributed by atoms with Crippen LogP contribution in [0.2, 0.25) is 0 Å². The molecule has 0 amide bonds. The Morgan fingerprint density at radius 2 is 1.72 bits per heavy atom. The largest absolute Gasteiger partial charge is 0.490 e. The van der Waals surface area contributed by atoms with Gasteiger partial charge in [0.2, 0.25) is 0 Å². The lowest BCUT2D eigenvalue weighted by molar-refractivity contribution is 0.222. The molecule has 0 aliphatic rings. The molecule has 3 nitrogen and oxygen atoms in total. The standard InChI is InChI=1S/C15H18N2O/c1-11(18-13-5-3-2-4-6-13)9-12-7-8-14(16)15(17)10-12/h2-8,10-11H,9,16-17H2,1H3. The Labute approximate surface area is 107 Å². The minimum Gasteiger partial charge on any atom is -0.490 e. The highest BCUT2D eigenvalue weighted by Crippen LogP contribution is 2.19. The zero-order chi connectivity index (χ0) is 13.0. The van der Waals surface area contributed by atoms with Crippen molar-refractivity contribution in [3.8, 4) is 5.75 Å². The third-order valence-electron chi connectivity index (χ3n) is 2.75.